The molecule has 0 unspecified atom stereocenters. The van der Waals surface area contributed by atoms with Gasteiger partial charge in [0.2, 0.25) is 11.8 Å². The summed E-state index contributed by atoms with van der Waals surface area (Å²) in [5.74, 6) is -0.490. The second-order valence-corrected chi connectivity index (χ2v) is 5.90. The molecule has 0 saturated carbocycles. The molecule has 0 aromatic heterocycles. The molecule has 1 atom stereocenters. The molecular formula is C21H24N2O2. The highest BCUT2D eigenvalue weighted by Crippen LogP contribution is 2.16. The maximum absolute atomic E-state index is 12.1. The van der Waals surface area contributed by atoms with Gasteiger partial charge >= 0.3 is 0 Å². The number of carbonyl (C=O) groups is 2. The summed E-state index contributed by atoms with van der Waals surface area (Å²) in [6.45, 7) is 4.01. The zero-order valence-corrected chi connectivity index (χ0v) is 14.7. The maximum atomic E-state index is 12.1. The quantitative estimate of drug-likeness (QED) is 0.762. The fraction of sp³-hybridized carbons (Fsp3) is 0.238. The first-order valence-electron chi connectivity index (χ1n) is 8.45. The number of rotatable bonds is 7. The van der Waals surface area contributed by atoms with E-state index in [-0.39, 0.29) is 24.4 Å². The Kier molecular flexibility index (Phi) is 6.96. The largest absolute Gasteiger partial charge is 0.348 e. The van der Waals surface area contributed by atoms with Crippen molar-refractivity contribution in [2.45, 2.75) is 26.3 Å². The van der Waals surface area contributed by atoms with Gasteiger partial charge in [0.1, 0.15) is 0 Å². The van der Waals surface area contributed by atoms with Gasteiger partial charge < -0.3 is 10.6 Å². The van der Waals surface area contributed by atoms with Crippen LogP contribution in [0.25, 0.3) is 6.08 Å². The van der Waals surface area contributed by atoms with Crippen LogP contribution in [0.3, 0.4) is 0 Å². The van der Waals surface area contributed by atoms with Crippen molar-refractivity contribution in [3.8, 4) is 0 Å². The summed E-state index contributed by atoms with van der Waals surface area (Å²) in [5, 5.41) is 5.56. The minimum Gasteiger partial charge on any atom is -0.348 e. The summed E-state index contributed by atoms with van der Waals surface area (Å²) in [5.41, 5.74) is 3.19. The van der Waals surface area contributed by atoms with Crippen molar-refractivity contribution in [2.75, 3.05) is 6.54 Å². The van der Waals surface area contributed by atoms with Gasteiger partial charge in [-0.3, -0.25) is 9.59 Å². The van der Waals surface area contributed by atoms with Gasteiger partial charge in [0.15, 0.2) is 0 Å². The fourth-order valence-electron chi connectivity index (χ4n) is 2.43. The molecule has 2 N–H and O–H groups in total. The predicted octanol–water partition coefficient (Wildman–Crippen LogP) is 3.39. The van der Waals surface area contributed by atoms with Gasteiger partial charge in [-0.15, -0.1) is 0 Å². The van der Waals surface area contributed by atoms with Crippen molar-refractivity contribution < 1.29 is 9.59 Å². The second-order valence-electron chi connectivity index (χ2n) is 5.90. The Hall–Kier alpha value is -2.88. The van der Waals surface area contributed by atoms with Gasteiger partial charge in [0, 0.05) is 6.08 Å². The lowest BCUT2D eigenvalue weighted by Gasteiger charge is -2.17. The molecule has 2 amide bonds. The van der Waals surface area contributed by atoms with Crippen LogP contribution >= 0.6 is 0 Å². The summed E-state index contributed by atoms with van der Waals surface area (Å²) in [7, 11) is 0. The molecule has 0 fully saturated rings. The summed E-state index contributed by atoms with van der Waals surface area (Å²) in [6, 6.07) is 17.6. The minimum absolute atomic E-state index is 0.0413. The zero-order valence-electron chi connectivity index (χ0n) is 14.7. The Bertz CT molecular complexity index is 721. The number of amides is 2. The van der Waals surface area contributed by atoms with E-state index in [0.29, 0.717) is 0 Å². The number of aryl methyl sites for hydroxylation is 1. The van der Waals surface area contributed by atoms with Gasteiger partial charge in [-0.1, -0.05) is 67.1 Å². The minimum atomic E-state index is -0.289. The van der Waals surface area contributed by atoms with Gasteiger partial charge in [0.05, 0.1) is 12.6 Å². The van der Waals surface area contributed by atoms with E-state index < -0.39 is 0 Å². The predicted molar refractivity (Wildman–Crippen MR) is 101 cm³/mol. The van der Waals surface area contributed by atoms with E-state index in [0.717, 1.165) is 17.5 Å². The molecule has 2 aromatic carbocycles. The molecule has 25 heavy (non-hydrogen) atoms. The van der Waals surface area contributed by atoms with Crippen LogP contribution in [-0.4, -0.2) is 18.4 Å². The molecule has 0 aliphatic heterocycles. The highest BCUT2D eigenvalue weighted by molar-refractivity contribution is 5.94. The van der Waals surface area contributed by atoms with Crippen molar-refractivity contribution in [3.05, 3.63) is 77.4 Å². The summed E-state index contributed by atoms with van der Waals surface area (Å²) in [6.07, 6.45) is 3.94. The summed E-state index contributed by atoms with van der Waals surface area (Å²) in [4.78, 5) is 23.9. The SMILES string of the molecule is CC[C@H](NC(=O)CNC(=O)/C=C/c1ccccc1)c1ccc(C)cc1. The average Bonchev–Trinajstić information content (AvgIpc) is 2.64. The van der Waals surface area contributed by atoms with Crippen LogP contribution in [0.5, 0.6) is 0 Å². The Morgan fingerprint density at radius 2 is 1.72 bits per heavy atom. The molecule has 0 heterocycles. The number of hydrogen-bond donors (Lipinski definition) is 2. The summed E-state index contributed by atoms with van der Waals surface area (Å²) >= 11 is 0. The molecule has 0 bridgehead atoms. The smallest absolute Gasteiger partial charge is 0.244 e. The third-order valence-corrected chi connectivity index (χ3v) is 3.87. The first-order valence-corrected chi connectivity index (χ1v) is 8.45. The summed E-state index contributed by atoms with van der Waals surface area (Å²) < 4.78 is 0. The van der Waals surface area contributed by atoms with Crippen LogP contribution in [0.1, 0.15) is 36.1 Å². The van der Waals surface area contributed by atoms with E-state index >= 15 is 0 Å². The van der Waals surface area contributed by atoms with E-state index in [1.54, 1.807) is 6.08 Å². The number of benzene rings is 2. The van der Waals surface area contributed by atoms with E-state index in [2.05, 4.69) is 10.6 Å². The third kappa shape index (κ3) is 6.26. The highest BCUT2D eigenvalue weighted by Gasteiger charge is 2.12. The highest BCUT2D eigenvalue weighted by atomic mass is 16.2. The van der Waals surface area contributed by atoms with Crippen LogP contribution in [0, 0.1) is 6.92 Å². The second kappa shape index (κ2) is 9.42. The van der Waals surface area contributed by atoms with Crippen molar-refractivity contribution in [3.63, 3.8) is 0 Å². The first kappa shape index (κ1) is 18.5. The molecule has 0 spiro atoms. The fourth-order valence-corrected chi connectivity index (χ4v) is 2.43. The van der Waals surface area contributed by atoms with Crippen LogP contribution in [0.15, 0.2) is 60.7 Å². The van der Waals surface area contributed by atoms with Crippen LogP contribution in [0.4, 0.5) is 0 Å². The van der Waals surface area contributed by atoms with Gasteiger partial charge in [-0.2, -0.15) is 0 Å². The van der Waals surface area contributed by atoms with Crippen molar-refractivity contribution >= 4 is 17.9 Å². The third-order valence-electron chi connectivity index (χ3n) is 3.87. The average molecular weight is 336 g/mol. The standard InChI is InChI=1S/C21H24N2O2/c1-3-19(18-12-9-16(2)10-13-18)23-21(25)15-22-20(24)14-11-17-7-5-4-6-8-17/h4-14,19H,3,15H2,1-2H3,(H,22,24)(H,23,25)/b14-11+/t19-/m0/s1. The lowest BCUT2D eigenvalue weighted by Crippen LogP contribution is -2.38. The number of carbonyl (C=O) groups excluding carboxylic acids is 2. The van der Waals surface area contributed by atoms with E-state index in [1.807, 2.05) is 68.4 Å². The Balaban J connectivity index is 1.81. The molecular weight excluding hydrogens is 312 g/mol. The number of nitrogens with one attached hydrogen (secondary N) is 2. The van der Waals surface area contributed by atoms with E-state index in [4.69, 9.17) is 0 Å². The van der Waals surface area contributed by atoms with E-state index in [1.165, 1.54) is 11.6 Å². The molecule has 4 heteroatoms. The van der Waals surface area contributed by atoms with Gasteiger partial charge in [-0.25, -0.2) is 0 Å². The van der Waals surface area contributed by atoms with Crippen LogP contribution in [0.2, 0.25) is 0 Å². The molecule has 0 aliphatic rings. The Morgan fingerprint density at radius 1 is 1.04 bits per heavy atom. The molecule has 4 nitrogen and oxygen atoms in total. The zero-order chi connectivity index (χ0) is 18.1. The van der Waals surface area contributed by atoms with Crippen LogP contribution < -0.4 is 10.6 Å². The first-order chi connectivity index (χ1) is 12.1. The molecule has 2 aromatic rings. The maximum Gasteiger partial charge on any atom is 0.244 e. The Labute approximate surface area is 149 Å². The van der Waals surface area contributed by atoms with Gasteiger partial charge in [0.25, 0.3) is 0 Å². The van der Waals surface area contributed by atoms with Crippen molar-refractivity contribution in [2.24, 2.45) is 0 Å². The normalized spacial score (nSPS) is 11.9. The molecule has 2 rings (SSSR count). The molecule has 0 radical (unpaired) electrons. The molecule has 0 saturated heterocycles. The Morgan fingerprint density at radius 3 is 2.36 bits per heavy atom. The van der Waals surface area contributed by atoms with Crippen molar-refractivity contribution in [1.82, 2.24) is 10.6 Å². The number of hydrogen-bond acceptors (Lipinski definition) is 2. The van der Waals surface area contributed by atoms with Crippen LogP contribution in [-0.2, 0) is 9.59 Å². The lowest BCUT2D eigenvalue weighted by molar-refractivity contribution is -0.124. The van der Waals surface area contributed by atoms with E-state index in [9.17, 15) is 9.59 Å². The monoisotopic (exact) mass is 336 g/mol. The molecule has 0 aliphatic carbocycles. The van der Waals surface area contributed by atoms with Gasteiger partial charge in [-0.05, 0) is 30.5 Å². The molecule has 130 valence electrons. The van der Waals surface area contributed by atoms with Crippen molar-refractivity contribution in [1.29, 1.82) is 0 Å². The lowest BCUT2D eigenvalue weighted by atomic mass is 10.0. The topological polar surface area (TPSA) is 58.2 Å².